The first kappa shape index (κ1) is 22.3. The van der Waals surface area contributed by atoms with E-state index < -0.39 is 11.9 Å². The van der Waals surface area contributed by atoms with E-state index in [0.29, 0.717) is 34.7 Å². The normalized spacial score (nSPS) is 33.0. The average Bonchev–Trinajstić information content (AvgIpc) is 3.59. The van der Waals surface area contributed by atoms with Crippen LogP contribution in [0, 0.1) is 41.4 Å². The molecule has 188 valence electrons. The van der Waals surface area contributed by atoms with Gasteiger partial charge in [0.2, 0.25) is 17.7 Å². The van der Waals surface area contributed by atoms with Gasteiger partial charge in [0, 0.05) is 24.7 Å². The second-order valence-electron chi connectivity index (χ2n) is 10.7. The van der Waals surface area contributed by atoms with Gasteiger partial charge in [0.25, 0.3) is 0 Å². The fraction of sp³-hybridized carbons (Fsp3) is 0.379. The number of carbonyl (C=O) groups excluding carboxylic acids is 4. The summed E-state index contributed by atoms with van der Waals surface area (Å²) in [7, 11) is 1.56. The van der Waals surface area contributed by atoms with Gasteiger partial charge in [0.05, 0.1) is 30.6 Å². The molecule has 0 N–H and O–H groups in total. The van der Waals surface area contributed by atoms with E-state index in [4.69, 9.17) is 9.47 Å². The standard InChI is InChI=1S/C29H26N2O6/c1-36-19-4-2-3-17(12-19)30-14-15(11-24(30)32)29(35)37-18-7-5-16(6-8-18)31-27(33)25-20-9-10-21(23-13-22(20)23)26(25)28(31)34/h2-10,12,15,20-23,25-26H,11,13-14H2,1H3/t15-,20+,21+,22+,23+,25-,26-/m1/s1. The van der Waals surface area contributed by atoms with Crippen LogP contribution in [0.4, 0.5) is 11.4 Å². The lowest BCUT2D eigenvalue weighted by Crippen LogP contribution is -2.40. The van der Waals surface area contributed by atoms with Crippen LogP contribution in [0.1, 0.15) is 12.8 Å². The quantitative estimate of drug-likeness (QED) is 0.272. The van der Waals surface area contributed by atoms with Crippen molar-refractivity contribution in [2.24, 2.45) is 41.4 Å². The SMILES string of the molecule is COc1cccc(N2C[C@H](C(=O)Oc3ccc(N4C(=O)[C@@H]5[C@H]6C=C[C@@H]([C@@H]7C[C@@H]67)[C@H]5C4=O)cc3)CC2=O)c1. The lowest BCUT2D eigenvalue weighted by molar-refractivity contribution is -0.139. The highest BCUT2D eigenvalue weighted by Crippen LogP contribution is 2.65. The van der Waals surface area contributed by atoms with E-state index in [2.05, 4.69) is 12.2 Å². The smallest absolute Gasteiger partial charge is 0.316 e. The first-order valence-electron chi connectivity index (χ1n) is 12.8. The van der Waals surface area contributed by atoms with Gasteiger partial charge in [-0.25, -0.2) is 0 Å². The molecule has 3 amide bonds. The van der Waals surface area contributed by atoms with Gasteiger partial charge in [-0.15, -0.1) is 0 Å². The summed E-state index contributed by atoms with van der Waals surface area (Å²) in [6.45, 7) is 0.223. The van der Waals surface area contributed by atoms with Gasteiger partial charge in [-0.3, -0.25) is 24.1 Å². The summed E-state index contributed by atoms with van der Waals surface area (Å²) in [5.41, 5.74) is 1.17. The predicted octanol–water partition coefficient (Wildman–Crippen LogP) is 3.21. The Labute approximate surface area is 213 Å². The Bertz CT molecular complexity index is 1330. The summed E-state index contributed by atoms with van der Waals surface area (Å²) in [6.07, 6.45) is 5.49. The van der Waals surface area contributed by atoms with Crippen LogP contribution in [0.5, 0.6) is 11.5 Å². The van der Waals surface area contributed by atoms with Crippen molar-refractivity contribution in [3.05, 3.63) is 60.7 Å². The molecule has 0 unspecified atom stereocenters. The van der Waals surface area contributed by atoms with Gasteiger partial charge in [-0.1, -0.05) is 18.2 Å². The number of esters is 1. The van der Waals surface area contributed by atoms with Crippen LogP contribution < -0.4 is 19.3 Å². The van der Waals surface area contributed by atoms with Gasteiger partial charge in [-0.05, 0) is 66.5 Å². The number of ether oxygens (including phenoxy) is 2. The maximum atomic E-state index is 13.3. The largest absolute Gasteiger partial charge is 0.497 e. The lowest BCUT2D eigenvalue weighted by Gasteiger charge is -2.37. The van der Waals surface area contributed by atoms with Crippen molar-refractivity contribution >= 4 is 35.1 Å². The molecule has 0 aromatic heterocycles. The first-order chi connectivity index (χ1) is 17.9. The van der Waals surface area contributed by atoms with Gasteiger partial charge in [0.15, 0.2) is 0 Å². The summed E-state index contributed by atoms with van der Waals surface area (Å²) >= 11 is 0. The summed E-state index contributed by atoms with van der Waals surface area (Å²) in [5.74, 6) is 0.399. The number of imide groups is 1. The summed E-state index contributed by atoms with van der Waals surface area (Å²) in [5, 5.41) is 0. The topological polar surface area (TPSA) is 93.2 Å². The van der Waals surface area contributed by atoms with Gasteiger partial charge < -0.3 is 14.4 Å². The van der Waals surface area contributed by atoms with Crippen molar-refractivity contribution in [1.29, 1.82) is 0 Å². The number of hydrogen-bond acceptors (Lipinski definition) is 6. The van der Waals surface area contributed by atoms with Crippen molar-refractivity contribution in [2.75, 3.05) is 23.5 Å². The Morgan fingerprint density at radius 3 is 2.19 bits per heavy atom. The van der Waals surface area contributed by atoms with Crippen LogP contribution in [-0.4, -0.2) is 37.3 Å². The Morgan fingerprint density at radius 1 is 0.865 bits per heavy atom. The second kappa shape index (κ2) is 8.03. The number of methoxy groups -OCH3 is 1. The van der Waals surface area contributed by atoms with Gasteiger partial charge >= 0.3 is 5.97 Å². The van der Waals surface area contributed by atoms with Crippen molar-refractivity contribution in [1.82, 2.24) is 0 Å². The van der Waals surface area contributed by atoms with E-state index >= 15 is 0 Å². The molecule has 37 heavy (non-hydrogen) atoms. The van der Waals surface area contributed by atoms with E-state index in [1.54, 1.807) is 60.5 Å². The van der Waals surface area contributed by atoms with E-state index in [-0.39, 0.29) is 54.4 Å². The fourth-order valence-corrected chi connectivity index (χ4v) is 6.97. The van der Waals surface area contributed by atoms with Crippen LogP contribution in [0.25, 0.3) is 0 Å². The zero-order valence-corrected chi connectivity index (χ0v) is 20.3. The van der Waals surface area contributed by atoms with Gasteiger partial charge in [-0.2, -0.15) is 0 Å². The molecule has 8 nitrogen and oxygen atoms in total. The molecule has 4 fully saturated rings. The summed E-state index contributed by atoms with van der Waals surface area (Å²) in [4.78, 5) is 54.9. The van der Waals surface area contributed by atoms with Crippen molar-refractivity contribution in [2.45, 2.75) is 12.8 Å². The Morgan fingerprint density at radius 2 is 1.54 bits per heavy atom. The minimum atomic E-state index is -0.599. The van der Waals surface area contributed by atoms with Gasteiger partial charge in [0.1, 0.15) is 11.5 Å². The highest BCUT2D eigenvalue weighted by Gasteiger charge is 2.67. The predicted molar refractivity (Wildman–Crippen MR) is 133 cm³/mol. The number of nitrogens with zero attached hydrogens (tertiary/aromatic N) is 2. The molecule has 4 aliphatic carbocycles. The number of rotatable bonds is 5. The molecule has 7 atom stereocenters. The van der Waals surface area contributed by atoms with E-state index in [9.17, 15) is 19.2 Å². The molecule has 6 aliphatic rings. The Kier molecular flexibility index (Phi) is 4.83. The van der Waals surface area contributed by atoms with Crippen LogP contribution in [-0.2, 0) is 19.2 Å². The molecule has 8 heteroatoms. The minimum Gasteiger partial charge on any atom is -0.497 e. The molecule has 0 spiro atoms. The number of carbonyl (C=O) groups is 4. The summed E-state index contributed by atoms with van der Waals surface area (Å²) in [6, 6.07) is 13.6. The van der Waals surface area contributed by atoms with Crippen LogP contribution >= 0.6 is 0 Å². The maximum Gasteiger partial charge on any atom is 0.316 e. The Hall–Kier alpha value is -3.94. The summed E-state index contributed by atoms with van der Waals surface area (Å²) < 4.78 is 10.8. The third kappa shape index (κ3) is 3.35. The van der Waals surface area contributed by atoms with Crippen LogP contribution in [0.2, 0.25) is 0 Å². The molecule has 2 aromatic carbocycles. The zero-order chi connectivity index (χ0) is 25.4. The zero-order valence-electron chi connectivity index (χ0n) is 20.3. The first-order valence-corrected chi connectivity index (χ1v) is 12.8. The molecule has 2 saturated heterocycles. The van der Waals surface area contributed by atoms with Crippen LogP contribution in [0.3, 0.4) is 0 Å². The van der Waals surface area contributed by atoms with Crippen molar-refractivity contribution < 1.29 is 28.7 Å². The molecule has 2 aromatic rings. The number of amides is 3. The number of allylic oxidation sites excluding steroid dienone is 2. The highest BCUT2D eigenvalue weighted by molar-refractivity contribution is 6.22. The van der Waals surface area contributed by atoms with E-state index in [0.717, 1.165) is 6.42 Å². The molecule has 2 heterocycles. The minimum absolute atomic E-state index is 0.0615. The van der Waals surface area contributed by atoms with E-state index in [1.807, 2.05) is 0 Å². The fourth-order valence-electron chi connectivity index (χ4n) is 6.97. The molecule has 2 aliphatic heterocycles. The Balaban J connectivity index is 1.03. The van der Waals surface area contributed by atoms with E-state index in [1.165, 1.54) is 4.90 Å². The molecule has 2 bridgehead atoms. The molecular formula is C29H26N2O6. The number of anilines is 2. The van der Waals surface area contributed by atoms with Crippen molar-refractivity contribution in [3.8, 4) is 11.5 Å². The average molecular weight is 499 g/mol. The van der Waals surface area contributed by atoms with Crippen molar-refractivity contribution in [3.63, 3.8) is 0 Å². The molecule has 2 saturated carbocycles. The number of benzene rings is 2. The molecular weight excluding hydrogens is 472 g/mol. The monoisotopic (exact) mass is 498 g/mol. The third-order valence-corrected chi connectivity index (χ3v) is 8.80. The molecule has 0 radical (unpaired) electrons. The second-order valence-corrected chi connectivity index (χ2v) is 10.7. The van der Waals surface area contributed by atoms with Crippen LogP contribution in [0.15, 0.2) is 60.7 Å². The molecule has 8 rings (SSSR count). The third-order valence-electron chi connectivity index (χ3n) is 8.80. The highest BCUT2D eigenvalue weighted by atomic mass is 16.5. The number of hydrogen-bond donors (Lipinski definition) is 0. The lowest BCUT2D eigenvalue weighted by atomic mass is 9.63. The maximum absolute atomic E-state index is 13.3.